The molecule has 1 heterocycles. The third-order valence-corrected chi connectivity index (χ3v) is 2.13. The molecule has 0 aromatic carbocycles. The van der Waals surface area contributed by atoms with Crippen molar-refractivity contribution in [1.29, 1.82) is 0 Å². The van der Waals surface area contributed by atoms with Gasteiger partial charge in [0.2, 0.25) is 0 Å². The topological polar surface area (TPSA) is 44.9 Å². The fourth-order valence-corrected chi connectivity index (χ4v) is 1.08. The van der Waals surface area contributed by atoms with Crippen molar-refractivity contribution in [3.05, 3.63) is 40.3 Å². The Labute approximate surface area is 83.9 Å². The molecule has 0 aliphatic heterocycles. The minimum Gasteiger partial charge on any atom is -0.329 e. The maximum Gasteiger partial charge on any atom is 0.255 e. The number of pyridine rings is 1. The van der Waals surface area contributed by atoms with Crippen molar-refractivity contribution in [2.45, 2.75) is 19.4 Å². The van der Waals surface area contributed by atoms with E-state index < -0.39 is 0 Å². The van der Waals surface area contributed by atoms with Gasteiger partial charge in [-0.1, -0.05) is 12.2 Å². The van der Waals surface area contributed by atoms with Gasteiger partial charge >= 0.3 is 0 Å². The summed E-state index contributed by atoms with van der Waals surface area (Å²) in [6.45, 7) is 2.10. The monoisotopic (exact) mass is 192 g/mol. The molecule has 3 heteroatoms. The SMILES string of the molecule is CNC(C)CC=Cc1ccc[nH]c1=O. The summed E-state index contributed by atoms with van der Waals surface area (Å²) >= 11 is 0. The average Bonchev–Trinajstić information content (AvgIpc) is 2.20. The van der Waals surface area contributed by atoms with Crippen molar-refractivity contribution in [3.8, 4) is 0 Å². The molecule has 0 fully saturated rings. The first-order valence-electron chi connectivity index (χ1n) is 4.75. The van der Waals surface area contributed by atoms with Crippen LogP contribution in [0.25, 0.3) is 6.08 Å². The highest BCUT2D eigenvalue weighted by Gasteiger charge is 1.94. The normalized spacial score (nSPS) is 13.3. The first-order chi connectivity index (χ1) is 6.74. The number of hydrogen-bond acceptors (Lipinski definition) is 2. The van der Waals surface area contributed by atoms with E-state index >= 15 is 0 Å². The fraction of sp³-hybridized carbons (Fsp3) is 0.364. The second-order valence-electron chi connectivity index (χ2n) is 3.28. The number of hydrogen-bond donors (Lipinski definition) is 2. The Balaban J connectivity index is 2.61. The number of aromatic amines is 1. The summed E-state index contributed by atoms with van der Waals surface area (Å²) in [4.78, 5) is 13.9. The highest BCUT2D eigenvalue weighted by Crippen LogP contribution is 1.97. The van der Waals surface area contributed by atoms with Gasteiger partial charge in [0.05, 0.1) is 0 Å². The summed E-state index contributed by atoms with van der Waals surface area (Å²) in [7, 11) is 1.92. The van der Waals surface area contributed by atoms with E-state index in [1.165, 1.54) is 0 Å². The summed E-state index contributed by atoms with van der Waals surface area (Å²) in [5, 5.41) is 3.13. The predicted octanol–water partition coefficient (Wildman–Crippen LogP) is 1.39. The zero-order valence-corrected chi connectivity index (χ0v) is 8.58. The Morgan fingerprint density at radius 3 is 3.07 bits per heavy atom. The van der Waals surface area contributed by atoms with Crippen LogP contribution in [0.1, 0.15) is 18.9 Å². The Hall–Kier alpha value is -1.35. The third-order valence-electron chi connectivity index (χ3n) is 2.13. The zero-order valence-electron chi connectivity index (χ0n) is 8.58. The zero-order chi connectivity index (χ0) is 10.4. The van der Waals surface area contributed by atoms with Gasteiger partial charge in [-0.3, -0.25) is 4.79 Å². The lowest BCUT2D eigenvalue weighted by Gasteiger charge is -2.04. The van der Waals surface area contributed by atoms with Crippen molar-refractivity contribution in [2.24, 2.45) is 0 Å². The Morgan fingerprint density at radius 1 is 1.64 bits per heavy atom. The van der Waals surface area contributed by atoms with E-state index in [4.69, 9.17) is 0 Å². The molecule has 1 unspecified atom stereocenters. The molecule has 14 heavy (non-hydrogen) atoms. The Morgan fingerprint density at radius 2 is 2.43 bits per heavy atom. The lowest BCUT2D eigenvalue weighted by atomic mass is 10.2. The standard InChI is InChI=1S/C11H16N2O/c1-9(12-2)5-3-6-10-7-4-8-13-11(10)14/h3-4,6-9,12H,5H2,1-2H3,(H,13,14). The molecule has 1 aromatic heterocycles. The molecule has 0 saturated carbocycles. The van der Waals surface area contributed by atoms with E-state index in [1.54, 1.807) is 12.3 Å². The summed E-state index contributed by atoms with van der Waals surface area (Å²) in [5.41, 5.74) is 0.664. The average molecular weight is 192 g/mol. The number of rotatable bonds is 4. The number of nitrogens with one attached hydrogen (secondary N) is 2. The molecule has 0 spiro atoms. The van der Waals surface area contributed by atoms with E-state index in [0.717, 1.165) is 6.42 Å². The van der Waals surface area contributed by atoms with Gasteiger partial charge in [-0.2, -0.15) is 0 Å². The van der Waals surface area contributed by atoms with Crippen LogP contribution in [0.3, 0.4) is 0 Å². The molecule has 0 bridgehead atoms. The van der Waals surface area contributed by atoms with Gasteiger partial charge in [0.15, 0.2) is 0 Å². The molecule has 0 radical (unpaired) electrons. The molecule has 1 aromatic rings. The summed E-state index contributed by atoms with van der Waals surface area (Å²) < 4.78 is 0. The van der Waals surface area contributed by atoms with Gasteiger partial charge in [0.25, 0.3) is 5.56 Å². The Kier molecular flexibility index (Phi) is 4.13. The van der Waals surface area contributed by atoms with Gasteiger partial charge in [0, 0.05) is 17.8 Å². The van der Waals surface area contributed by atoms with Crippen LogP contribution in [-0.2, 0) is 0 Å². The molecule has 2 N–H and O–H groups in total. The fourth-order valence-electron chi connectivity index (χ4n) is 1.08. The molecule has 0 saturated heterocycles. The highest BCUT2D eigenvalue weighted by molar-refractivity contribution is 5.47. The number of H-pyrrole nitrogens is 1. The van der Waals surface area contributed by atoms with Crippen LogP contribution in [-0.4, -0.2) is 18.1 Å². The smallest absolute Gasteiger partial charge is 0.255 e. The van der Waals surface area contributed by atoms with Crippen LogP contribution < -0.4 is 10.9 Å². The predicted molar refractivity (Wildman–Crippen MR) is 59.2 cm³/mol. The van der Waals surface area contributed by atoms with E-state index in [0.29, 0.717) is 11.6 Å². The van der Waals surface area contributed by atoms with Crippen molar-refractivity contribution in [3.63, 3.8) is 0 Å². The molecular weight excluding hydrogens is 176 g/mol. The van der Waals surface area contributed by atoms with Gasteiger partial charge in [-0.25, -0.2) is 0 Å². The van der Waals surface area contributed by atoms with E-state index in [-0.39, 0.29) is 5.56 Å². The summed E-state index contributed by atoms with van der Waals surface area (Å²) in [5.74, 6) is 0. The van der Waals surface area contributed by atoms with Gasteiger partial charge in [-0.05, 0) is 32.5 Å². The molecular formula is C11H16N2O. The molecule has 76 valence electrons. The van der Waals surface area contributed by atoms with E-state index in [9.17, 15) is 4.79 Å². The van der Waals surface area contributed by atoms with Crippen LogP contribution in [0.15, 0.2) is 29.2 Å². The molecule has 1 atom stereocenters. The molecule has 0 aliphatic rings. The molecule has 1 rings (SSSR count). The van der Waals surface area contributed by atoms with Crippen LogP contribution in [0.2, 0.25) is 0 Å². The van der Waals surface area contributed by atoms with Gasteiger partial charge < -0.3 is 10.3 Å². The van der Waals surface area contributed by atoms with Crippen molar-refractivity contribution >= 4 is 6.08 Å². The van der Waals surface area contributed by atoms with Crippen LogP contribution in [0, 0.1) is 0 Å². The third kappa shape index (κ3) is 3.18. The summed E-state index contributed by atoms with van der Waals surface area (Å²) in [6, 6.07) is 4.07. The lowest BCUT2D eigenvalue weighted by Crippen LogP contribution is -2.19. The maximum absolute atomic E-state index is 11.2. The van der Waals surface area contributed by atoms with Crippen molar-refractivity contribution in [2.75, 3.05) is 7.05 Å². The molecule has 0 amide bonds. The van der Waals surface area contributed by atoms with E-state index in [1.807, 2.05) is 25.3 Å². The van der Waals surface area contributed by atoms with Crippen molar-refractivity contribution < 1.29 is 0 Å². The van der Waals surface area contributed by atoms with E-state index in [2.05, 4.69) is 17.2 Å². The molecule has 0 aliphatic carbocycles. The largest absolute Gasteiger partial charge is 0.329 e. The van der Waals surface area contributed by atoms with Crippen LogP contribution in [0.4, 0.5) is 0 Å². The summed E-state index contributed by atoms with van der Waals surface area (Å²) in [6.07, 6.45) is 6.42. The first kappa shape index (κ1) is 10.7. The van der Waals surface area contributed by atoms with Gasteiger partial charge in [0.1, 0.15) is 0 Å². The first-order valence-corrected chi connectivity index (χ1v) is 4.75. The van der Waals surface area contributed by atoms with Gasteiger partial charge in [-0.15, -0.1) is 0 Å². The minimum atomic E-state index is -0.0409. The second kappa shape index (κ2) is 5.40. The minimum absolute atomic E-state index is 0.0409. The highest BCUT2D eigenvalue weighted by atomic mass is 16.1. The maximum atomic E-state index is 11.2. The van der Waals surface area contributed by atoms with Crippen molar-refractivity contribution in [1.82, 2.24) is 10.3 Å². The second-order valence-corrected chi connectivity index (χ2v) is 3.28. The lowest BCUT2D eigenvalue weighted by molar-refractivity contribution is 0.621. The Bertz CT molecular complexity index is 354. The van der Waals surface area contributed by atoms with Crippen LogP contribution in [0.5, 0.6) is 0 Å². The number of aromatic nitrogens is 1. The molecule has 3 nitrogen and oxygen atoms in total. The quantitative estimate of drug-likeness (QED) is 0.757. The van der Waals surface area contributed by atoms with Crippen LogP contribution >= 0.6 is 0 Å².